The molecule has 0 unspecified atom stereocenters. The van der Waals surface area contributed by atoms with Crippen molar-refractivity contribution in [3.63, 3.8) is 0 Å². The minimum atomic E-state index is -2.36. The van der Waals surface area contributed by atoms with E-state index in [1.807, 2.05) is 43.3 Å². The lowest BCUT2D eigenvalue weighted by atomic mass is 9.71. The van der Waals surface area contributed by atoms with E-state index in [4.69, 9.17) is 14.0 Å². The van der Waals surface area contributed by atoms with Crippen LogP contribution in [0.25, 0.3) is 44.3 Å². The molecule has 0 spiro atoms. The Hall–Kier alpha value is -3.39. The largest absolute Gasteiger partial charge is 0.454 e. The quantitative estimate of drug-likeness (QED) is 0.221. The maximum absolute atomic E-state index is 9.38. The molecule has 0 N–H and O–H groups in total. The third kappa shape index (κ3) is 4.25. The first-order chi connectivity index (χ1) is 21.4. The molecule has 2 heteroatoms. The van der Waals surface area contributed by atoms with Crippen LogP contribution >= 0.6 is 0 Å². The highest BCUT2D eigenvalue weighted by molar-refractivity contribution is 6.13. The van der Waals surface area contributed by atoms with Crippen molar-refractivity contribution in [1.82, 2.24) is 0 Å². The minimum absolute atomic E-state index is 0.140. The zero-order valence-corrected chi connectivity index (χ0v) is 22.7. The van der Waals surface area contributed by atoms with Crippen molar-refractivity contribution in [2.24, 2.45) is 12.5 Å². The summed E-state index contributed by atoms with van der Waals surface area (Å²) < 4.78 is 74.8. The lowest BCUT2D eigenvalue weighted by Crippen LogP contribution is -2.31. The van der Waals surface area contributed by atoms with E-state index in [0.29, 0.717) is 33.4 Å². The number of aryl methyl sites for hydroxylation is 5. The van der Waals surface area contributed by atoms with Crippen LogP contribution in [0, 0.1) is 32.9 Å². The predicted octanol–water partition coefficient (Wildman–Crippen LogP) is 9.66. The van der Waals surface area contributed by atoms with Crippen LogP contribution in [0.15, 0.2) is 65.2 Å². The number of furan rings is 1. The minimum Gasteiger partial charge on any atom is -0.454 e. The van der Waals surface area contributed by atoms with E-state index in [1.165, 1.54) is 0 Å². The summed E-state index contributed by atoms with van der Waals surface area (Å²) in [6.45, 7) is 1.57. The number of hydrogen-bond donors (Lipinski definition) is 0. The third-order valence-corrected chi connectivity index (χ3v) is 8.35. The number of pyridine rings is 1. The van der Waals surface area contributed by atoms with E-state index in [0.717, 1.165) is 53.3 Å². The van der Waals surface area contributed by atoms with Crippen molar-refractivity contribution < 1.29 is 20.0 Å². The van der Waals surface area contributed by atoms with Gasteiger partial charge in [-0.2, -0.15) is 0 Å². The van der Waals surface area contributed by atoms with Gasteiger partial charge in [0.1, 0.15) is 18.2 Å². The Morgan fingerprint density at radius 3 is 2.53 bits per heavy atom. The van der Waals surface area contributed by atoms with Crippen LogP contribution in [-0.2, 0) is 7.05 Å². The molecular weight excluding hydrogens is 462 g/mol. The van der Waals surface area contributed by atoms with E-state index in [1.54, 1.807) is 36.0 Å². The SMILES string of the molecule is [2H]Cc1cc(-c2c(C)ccc3c2oc2c(-c4cccc(C5([2H])CCC(C)(C)CC5)c4)cc(C([2H])([2H])[2H])cc23)[n+](C)cc1C([2H])([2H])[2H]. The zero-order chi connectivity index (χ0) is 33.4. The fraction of sp³-hybridized carbons (Fsp3) is 0.361. The lowest BCUT2D eigenvalue weighted by molar-refractivity contribution is -0.660. The summed E-state index contributed by atoms with van der Waals surface area (Å²) in [5, 5.41) is 1.42. The number of benzene rings is 3. The maximum Gasteiger partial charge on any atom is 0.216 e. The fourth-order valence-corrected chi connectivity index (χ4v) is 5.94. The Morgan fingerprint density at radius 1 is 0.921 bits per heavy atom. The molecule has 3 aromatic carbocycles. The summed E-state index contributed by atoms with van der Waals surface area (Å²) in [4.78, 5) is 0. The highest BCUT2D eigenvalue weighted by atomic mass is 16.3. The van der Waals surface area contributed by atoms with Crippen LogP contribution < -0.4 is 4.57 Å². The second kappa shape index (κ2) is 9.12. The Bertz CT molecular complexity index is 1970. The molecule has 2 aromatic heterocycles. The molecule has 0 aliphatic heterocycles. The zero-order valence-electron chi connectivity index (χ0n) is 30.7. The Labute approximate surface area is 238 Å². The molecule has 194 valence electrons. The number of aromatic nitrogens is 1. The Kier molecular flexibility index (Phi) is 4.14. The molecule has 1 aliphatic rings. The van der Waals surface area contributed by atoms with Crippen LogP contribution in [-0.4, -0.2) is 0 Å². The van der Waals surface area contributed by atoms with E-state index in [-0.39, 0.29) is 23.4 Å². The van der Waals surface area contributed by atoms with Crippen molar-refractivity contribution in [2.75, 3.05) is 0 Å². The summed E-state index contributed by atoms with van der Waals surface area (Å²) in [7, 11) is 1.78. The first-order valence-corrected chi connectivity index (χ1v) is 13.4. The van der Waals surface area contributed by atoms with E-state index < -0.39 is 19.6 Å². The van der Waals surface area contributed by atoms with E-state index in [9.17, 15) is 1.37 Å². The molecule has 1 aliphatic carbocycles. The van der Waals surface area contributed by atoms with Crippen LogP contribution in [0.2, 0.25) is 0 Å². The molecule has 0 saturated heterocycles. The van der Waals surface area contributed by atoms with E-state index >= 15 is 0 Å². The second-order valence-corrected chi connectivity index (χ2v) is 11.7. The molecular formula is C36H40NO+. The molecule has 5 aromatic rings. The first-order valence-electron chi connectivity index (χ1n) is 17.6. The molecule has 0 radical (unpaired) electrons. The summed E-state index contributed by atoms with van der Waals surface area (Å²) in [5.41, 5.74) is 6.83. The molecule has 6 rings (SSSR count). The van der Waals surface area contributed by atoms with Gasteiger partial charge in [-0.1, -0.05) is 50.2 Å². The molecule has 2 nitrogen and oxygen atoms in total. The van der Waals surface area contributed by atoms with Gasteiger partial charge in [0.05, 0.1) is 5.56 Å². The standard InChI is InChI=1S/C36H40NO/c1-22-17-30(28-10-8-9-27(20-28)26-13-15-36(5,6)16-14-26)34-31(18-22)29-12-11-23(2)33(35(29)38-34)32-19-24(3)25(4)21-37(32)7/h8-12,17-21,26H,13-16H2,1-7H3/q+1/i1D3,3D,4D3,26D. The summed E-state index contributed by atoms with van der Waals surface area (Å²) >= 11 is 0. The maximum atomic E-state index is 9.38. The molecule has 0 amide bonds. The average Bonchev–Trinajstić information content (AvgIpc) is 3.36. The molecule has 0 bridgehead atoms. The van der Waals surface area contributed by atoms with Crippen molar-refractivity contribution in [1.29, 1.82) is 0 Å². The van der Waals surface area contributed by atoms with Gasteiger partial charge in [0.25, 0.3) is 0 Å². The van der Waals surface area contributed by atoms with Gasteiger partial charge in [0, 0.05) is 38.9 Å². The van der Waals surface area contributed by atoms with Gasteiger partial charge in [-0.3, -0.25) is 0 Å². The van der Waals surface area contributed by atoms with Crippen LogP contribution in [0.4, 0.5) is 0 Å². The normalized spacial score (nSPS) is 20.5. The number of hydrogen-bond acceptors (Lipinski definition) is 1. The molecule has 2 heterocycles. The van der Waals surface area contributed by atoms with Gasteiger partial charge in [-0.15, -0.1) is 0 Å². The summed E-state index contributed by atoms with van der Waals surface area (Å²) in [6.07, 6.45) is 5.04. The Morgan fingerprint density at radius 2 is 1.76 bits per heavy atom. The summed E-state index contributed by atoms with van der Waals surface area (Å²) in [6, 6.07) is 16.9. The molecule has 1 fully saturated rings. The van der Waals surface area contributed by atoms with Gasteiger partial charge >= 0.3 is 0 Å². The highest BCUT2D eigenvalue weighted by Gasteiger charge is 2.28. The second-order valence-electron chi connectivity index (χ2n) is 11.7. The number of fused-ring (bicyclic) bond motifs is 3. The number of rotatable bonds is 3. The van der Waals surface area contributed by atoms with E-state index in [2.05, 4.69) is 13.8 Å². The molecule has 38 heavy (non-hydrogen) atoms. The Balaban J connectivity index is 1.60. The topological polar surface area (TPSA) is 17.0 Å². The molecule has 1 saturated carbocycles. The van der Waals surface area contributed by atoms with Crippen molar-refractivity contribution in [3.8, 4) is 22.4 Å². The lowest BCUT2D eigenvalue weighted by Gasteiger charge is -2.34. The van der Waals surface area contributed by atoms with Gasteiger partial charge in [0.2, 0.25) is 5.69 Å². The van der Waals surface area contributed by atoms with Gasteiger partial charge in [-0.25, -0.2) is 4.57 Å². The van der Waals surface area contributed by atoms with Crippen molar-refractivity contribution in [3.05, 3.63) is 88.6 Å². The predicted molar refractivity (Wildman–Crippen MR) is 160 cm³/mol. The van der Waals surface area contributed by atoms with Crippen molar-refractivity contribution >= 4 is 21.9 Å². The third-order valence-electron chi connectivity index (χ3n) is 8.35. The van der Waals surface area contributed by atoms with Crippen LogP contribution in [0.5, 0.6) is 0 Å². The highest BCUT2D eigenvalue weighted by Crippen LogP contribution is 2.45. The van der Waals surface area contributed by atoms with Gasteiger partial charge in [-0.05, 0) is 104 Å². The van der Waals surface area contributed by atoms with Gasteiger partial charge < -0.3 is 4.42 Å². The monoisotopic (exact) mass is 510 g/mol. The summed E-state index contributed by atoms with van der Waals surface area (Å²) in [5.74, 6) is -0.713. The first kappa shape index (κ1) is 17.2. The average molecular weight is 511 g/mol. The van der Waals surface area contributed by atoms with Crippen LogP contribution in [0.3, 0.4) is 0 Å². The fourth-order valence-electron chi connectivity index (χ4n) is 5.94. The van der Waals surface area contributed by atoms with Crippen LogP contribution in [0.1, 0.15) is 84.2 Å². The number of nitrogens with zero attached hydrogens (tertiary/aromatic N) is 1. The smallest absolute Gasteiger partial charge is 0.216 e. The van der Waals surface area contributed by atoms with Gasteiger partial charge in [0.15, 0.2) is 6.20 Å². The van der Waals surface area contributed by atoms with Crippen molar-refractivity contribution in [2.45, 2.75) is 73.0 Å². The molecule has 0 atom stereocenters.